The van der Waals surface area contributed by atoms with Crippen LogP contribution in [0.2, 0.25) is 0 Å². The van der Waals surface area contributed by atoms with Crippen LogP contribution in [0.5, 0.6) is 0 Å². The van der Waals surface area contributed by atoms with Crippen LogP contribution in [0.1, 0.15) is 25.0 Å². The summed E-state index contributed by atoms with van der Waals surface area (Å²) in [5, 5.41) is 9.30. The summed E-state index contributed by atoms with van der Waals surface area (Å²) in [6.07, 6.45) is -2.24. The van der Waals surface area contributed by atoms with Crippen molar-refractivity contribution >= 4 is 39.9 Å². The Morgan fingerprint density at radius 2 is 1.72 bits per heavy atom. The predicted octanol–water partition coefficient (Wildman–Crippen LogP) is 2.83. The topological polar surface area (TPSA) is 185 Å². The summed E-state index contributed by atoms with van der Waals surface area (Å²) in [7, 11) is 0. The number of rotatable bonds is 8. The van der Waals surface area contributed by atoms with Crippen molar-refractivity contribution in [3.05, 3.63) is 92.6 Å². The molecule has 1 fully saturated rings. The summed E-state index contributed by atoms with van der Waals surface area (Å²) < 4.78 is 28.7. The van der Waals surface area contributed by atoms with Crippen molar-refractivity contribution in [2.45, 2.75) is 38.5 Å². The third-order valence-electron chi connectivity index (χ3n) is 6.20. The maximum Gasteiger partial charge on any atom is 0.508 e. The van der Waals surface area contributed by atoms with E-state index in [4.69, 9.17) is 14.2 Å². The van der Waals surface area contributed by atoms with Crippen LogP contribution < -0.4 is 0 Å². The molecule has 0 aromatic heterocycles. The summed E-state index contributed by atoms with van der Waals surface area (Å²) in [4.78, 5) is 52.6. The molecular weight excluding hydrogens is 532 g/mol. The number of amides is 1. The van der Waals surface area contributed by atoms with Crippen molar-refractivity contribution in [3.8, 4) is 0 Å². The van der Waals surface area contributed by atoms with Crippen LogP contribution in [0.15, 0.2) is 65.9 Å². The van der Waals surface area contributed by atoms with Crippen molar-refractivity contribution < 1.29 is 42.9 Å². The lowest BCUT2D eigenvalue weighted by atomic mass is 9.91. The fraction of sp³-hybridized carbons (Fsp3) is 0.280. The highest BCUT2D eigenvalue weighted by molar-refractivity contribution is 8.07. The predicted molar refractivity (Wildman–Crippen MR) is 134 cm³/mol. The Morgan fingerprint density at radius 1 is 1.10 bits per heavy atom. The summed E-state index contributed by atoms with van der Waals surface area (Å²) in [5.74, 6) is -2.63. The van der Waals surface area contributed by atoms with E-state index in [0.717, 1.165) is 4.90 Å². The molecule has 2 aromatic rings. The first kappa shape index (κ1) is 27.5. The number of nitro benzene ring substituents is 1. The highest BCUT2D eigenvalue weighted by atomic mass is 32.2. The second-order valence-electron chi connectivity index (χ2n) is 8.65. The molecule has 2 aliphatic heterocycles. The highest BCUT2D eigenvalue weighted by Gasteiger charge is 2.67. The summed E-state index contributed by atoms with van der Waals surface area (Å²) in [6, 6.07) is 14.2. The van der Waals surface area contributed by atoms with Gasteiger partial charge in [0.2, 0.25) is 11.3 Å². The van der Waals surface area contributed by atoms with Crippen LogP contribution >= 0.6 is 0 Å². The molecule has 2 heterocycles. The van der Waals surface area contributed by atoms with E-state index in [1.54, 1.807) is 30.3 Å². The van der Waals surface area contributed by atoms with E-state index in [0.29, 0.717) is 11.1 Å². The zero-order valence-corrected chi connectivity index (χ0v) is 21.5. The Labute approximate surface area is 224 Å². The maximum atomic E-state index is 13.1. The smallest absolute Gasteiger partial charge is 0.508 e. The Morgan fingerprint density at radius 3 is 2.33 bits per heavy atom. The van der Waals surface area contributed by atoms with E-state index in [9.17, 15) is 34.6 Å². The Kier molecular flexibility index (Phi) is 8.10. The standard InChI is InChI=1S/C25H22N4O9S/c1-14-20(24(31)36-12-16-6-4-3-5-7-16)28-22(30)19(23(28)39(35)21(14)27-26)15(2)38-25(32)37-13-17-8-10-18(11-9-17)29(33)34/h3-11,15,19,23H,12-13H2,1-2H3/t15?,19-,23-,39-/m0/s1. The Hall–Kier alpha value is -4.52. The first-order valence-electron chi connectivity index (χ1n) is 11.6. The number of nitrogens with zero attached hydrogens (tertiary/aromatic N) is 4. The third kappa shape index (κ3) is 5.53. The molecule has 2 aromatic carbocycles. The van der Waals surface area contributed by atoms with Gasteiger partial charge in [0, 0.05) is 12.1 Å². The van der Waals surface area contributed by atoms with Gasteiger partial charge in [-0.05, 0) is 37.1 Å². The lowest BCUT2D eigenvalue weighted by molar-refractivity contribution is -0.384. The van der Waals surface area contributed by atoms with Gasteiger partial charge in [-0.2, -0.15) is 0 Å². The molecule has 4 rings (SSSR count). The number of hydrogen-bond donors (Lipinski definition) is 0. The molecule has 0 radical (unpaired) electrons. The van der Waals surface area contributed by atoms with Crippen molar-refractivity contribution in [2.24, 2.45) is 5.92 Å². The first-order chi connectivity index (χ1) is 18.6. The number of non-ortho nitro benzene ring substituents is 1. The minimum absolute atomic E-state index is 0.0213. The van der Waals surface area contributed by atoms with Crippen LogP contribution in [0, 0.1) is 16.0 Å². The lowest BCUT2D eigenvalue weighted by Crippen LogP contribution is -2.70. The molecule has 0 saturated carbocycles. The van der Waals surface area contributed by atoms with Crippen LogP contribution in [0.4, 0.5) is 10.5 Å². The molecule has 4 atom stereocenters. The number of β-lactam (4-membered cyclic amide) rings is 1. The highest BCUT2D eigenvalue weighted by Crippen LogP contribution is 2.43. The van der Waals surface area contributed by atoms with E-state index >= 15 is 0 Å². The van der Waals surface area contributed by atoms with E-state index in [2.05, 4.69) is 4.79 Å². The quantitative estimate of drug-likeness (QED) is 0.0900. The van der Waals surface area contributed by atoms with Crippen LogP contribution in [0.3, 0.4) is 0 Å². The number of nitro groups is 1. The number of hydrogen-bond acceptors (Lipinski definition) is 9. The molecule has 0 N–H and O–H groups in total. The van der Waals surface area contributed by atoms with Gasteiger partial charge >= 0.3 is 17.2 Å². The van der Waals surface area contributed by atoms with E-state index in [-0.39, 0.29) is 35.2 Å². The average Bonchev–Trinajstić information content (AvgIpc) is 2.92. The van der Waals surface area contributed by atoms with Crippen LogP contribution in [0.25, 0.3) is 5.53 Å². The number of carbonyl (C=O) groups is 3. The third-order valence-corrected chi connectivity index (χ3v) is 7.91. The Balaban J connectivity index is 1.43. The molecule has 0 bridgehead atoms. The fourth-order valence-corrected chi connectivity index (χ4v) is 5.92. The molecule has 0 spiro atoms. The number of carbonyl (C=O) groups excluding carboxylic acids is 3. The average molecular weight is 555 g/mol. The summed E-state index contributed by atoms with van der Waals surface area (Å²) in [6.45, 7) is 2.46. The molecule has 0 aliphatic carbocycles. The zero-order valence-electron chi connectivity index (χ0n) is 20.7. The zero-order chi connectivity index (χ0) is 28.3. The van der Waals surface area contributed by atoms with Gasteiger partial charge < -0.3 is 24.3 Å². The minimum Gasteiger partial charge on any atom is -0.604 e. The second-order valence-corrected chi connectivity index (χ2v) is 10.1. The van der Waals surface area contributed by atoms with Gasteiger partial charge in [-0.15, -0.1) is 4.79 Å². The van der Waals surface area contributed by atoms with Crippen LogP contribution in [-0.2, 0) is 48.2 Å². The number of benzene rings is 2. The molecule has 14 heteroatoms. The van der Waals surface area contributed by atoms with Gasteiger partial charge in [0.05, 0.1) is 16.1 Å². The van der Waals surface area contributed by atoms with Gasteiger partial charge in [-0.3, -0.25) is 19.8 Å². The molecule has 202 valence electrons. The number of ether oxygens (including phenoxy) is 3. The van der Waals surface area contributed by atoms with Crippen molar-refractivity contribution in [3.63, 3.8) is 0 Å². The molecule has 13 nitrogen and oxygen atoms in total. The molecule has 1 saturated heterocycles. The summed E-state index contributed by atoms with van der Waals surface area (Å²) >= 11 is -2.05. The van der Waals surface area contributed by atoms with Crippen molar-refractivity contribution in [2.75, 3.05) is 0 Å². The number of esters is 1. The van der Waals surface area contributed by atoms with Gasteiger partial charge in [0.25, 0.3) is 5.69 Å². The largest absolute Gasteiger partial charge is 0.604 e. The van der Waals surface area contributed by atoms with Gasteiger partial charge in [0.15, 0.2) is 0 Å². The van der Waals surface area contributed by atoms with E-state index in [1.165, 1.54) is 38.1 Å². The fourth-order valence-electron chi connectivity index (χ4n) is 4.21. The van der Waals surface area contributed by atoms with Gasteiger partial charge in [-0.25, -0.2) is 9.59 Å². The van der Waals surface area contributed by atoms with E-state index < -0.39 is 51.5 Å². The van der Waals surface area contributed by atoms with Crippen LogP contribution in [-0.4, -0.2) is 53.7 Å². The SMILES string of the molecule is CC1=C(C(=O)OCc2ccccc2)N2C(=O)[C@H](C(C)OC(=O)OCc3ccc([N+](=O)[O-])cc3)[C@@H]2[S@@+]([O-])C1=[N+]=[N-]. The molecule has 2 aliphatic rings. The summed E-state index contributed by atoms with van der Waals surface area (Å²) in [5.41, 5.74) is 10.4. The normalized spacial score (nSPS) is 20.8. The minimum atomic E-state index is -2.05. The van der Waals surface area contributed by atoms with E-state index in [1.807, 2.05) is 0 Å². The molecule has 1 unspecified atom stereocenters. The molecular formula is C25H22N4O9S. The monoisotopic (exact) mass is 554 g/mol. The maximum absolute atomic E-state index is 13.1. The molecule has 1 amide bonds. The van der Waals surface area contributed by atoms with Crippen molar-refractivity contribution in [1.29, 1.82) is 0 Å². The van der Waals surface area contributed by atoms with Gasteiger partial charge in [-0.1, -0.05) is 30.3 Å². The second kappa shape index (κ2) is 11.5. The van der Waals surface area contributed by atoms with Crippen molar-refractivity contribution in [1.82, 2.24) is 4.90 Å². The molecule has 39 heavy (non-hydrogen) atoms. The number of fused-ring (bicyclic) bond motifs is 1. The van der Waals surface area contributed by atoms with Gasteiger partial charge in [0.1, 0.15) is 36.5 Å². The first-order valence-corrected chi connectivity index (χ1v) is 12.8. The lowest BCUT2D eigenvalue weighted by Gasteiger charge is -2.48. The Bertz CT molecular complexity index is 1390.